The molecule has 0 N–H and O–H groups in total. The fourth-order valence-corrected chi connectivity index (χ4v) is 3.77. The van der Waals surface area contributed by atoms with Crippen molar-refractivity contribution in [2.24, 2.45) is 7.05 Å². The largest absolute Gasteiger partial charge is 0.490 e. The topological polar surface area (TPSA) is 73.5 Å². The molecule has 0 saturated carbocycles. The number of amides is 1. The number of fused-ring (bicyclic) bond motifs is 1. The molecule has 1 amide bonds. The van der Waals surface area contributed by atoms with Gasteiger partial charge in [-0.3, -0.25) is 18.7 Å². The lowest BCUT2D eigenvalue weighted by molar-refractivity contribution is -0.133. The Morgan fingerprint density at radius 3 is 2.43 bits per heavy atom. The molecule has 1 aliphatic heterocycles. The summed E-state index contributed by atoms with van der Waals surface area (Å²) < 4.78 is 21.2. The molecular formula is C22H22FN3O4. The van der Waals surface area contributed by atoms with Gasteiger partial charge in [0.2, 0.25) is 5.91 Å². The van der Waals surface area contributed by atoms with Gasteiger partial charge in [0.15, 0.2) is 0 Å². The van der Waals surface area contributed by atoms with Crippen LogP contribution in [0.5, 0.6) is 5.75 Å². The van der Waals surface area contributed by atoms with E-state index in [4.69, 9.17) is 4.74 Å². The second-order valence-corrected chi connectivity index (χ2v) is 7.40. The van der Waals surface area contributed by atoms with Crippen LogP contribution >= 0.6 is 0 Å². The highest BCUT2D eigenvalue weighted by Gasteiger charge is 2.25. The molecule has 7 nitrogen and oxygen atoms in total. The summed E-state index contributed by atoms with van der Waals surface area (Å²) in [6.07, 6.45) is 1.16. The molecule has 0 aliphatic carbocycles. The van der Waals surface area contributed by atoms with Gasteiger partial charge in [-0.1, -0.05) is 12.1 Å². The van der Waals surface area contributed by atoms with Crippen LogP contribution in [-0.4, -0.2) is 39.1 Å². The van der Waals surface area contributed by atoms with Gasteiger partial charge in [0.05, 0.1) is 10.9 Å². The first-order chi connectivity index (χ1) is 14.4. The normalized spacial score (nSPS) is 14.8. The standard InChI is InChI=1S/C22H22FN3O4/c1-24-19-5-3-2-4-18(19)21(28)26(22(24)29)14-20(27)25-12-10-17(11-13-25)30-16-8-6-15(23)7-9-16/h2-9,17H,10-14H2,1H3. The molecule has 2 heterocycles. The summed E-state index contributed by atoms with van der Waals surface area (Å²) in [5, 5.41) is 0.402. The zero-order valence-corrected chi connectivity index (χ0v) is 16.6. The smallest absolute Gasteiger partial charge is 0.331 e. The Balaban J connectivity index is 1.44. The van der Waals surface area contributed by atoms with E-state index in [1.807, 2.05) is 0 Å². The van der Waals surface area contributed by atoms with E-state index < -0.39 is 11.2 Å². The van der Waals surface area contributed by atoms with Gasteiger partial charge >= 0.3 is 5.69 Å². The third kappa shape index (κ3) is 3.85. The number of carbonyl (C=O) groups excluding carboxylic acids is 1. The van der Waals surface area contributed by atoms with Gasteiger partial charge in [0.25, 0.3) is 5.56 Å². The van der Waals surface area contributed by atoms with Crippen LogP contribution in [-0.2, 0) is 18.4 Å². The number of rotatable bonds is 4. The monoisotopic (exact) mass is 411 g/mol. The molecule has 0 spiro atoms. The van der Waals surface area contributed by atoms with Crippen molar-refractivity contribution >= 4 is 16.8 Å². The zero-order chi connectivity index (χ0) is 21.3. The number of ether oxygens (including phenoxy) is 1. The van der Waals surface area contributed by atoms with E-state index in [1.54, 1.807) is 48.3 Å². The Morgan fingerprint density at radius 1 is 1.07 bits per heavy atom. The molecule has 30 heavy (non-hydrogen) atoms. The van der Waals surface area contributed by atoms with Crippen LogP contribution in [0.4, 0.5) is 4.39 Å². The van der Waals surface area contributed by atoms with Crippen molar-refractivity contribution in [2.75, 3.05) is 13.1 Å². The predicted molar refractivity (Wildman–Crippen MR) is 110 cm³/mol. The minimum Gasteiger partial charge on any atom is -0.490 e. The van der Waals surface area contributed by atoms with E-state index in [0.29, 0.717) is 42.6 Å². The molecule has 2 aromatic carbocycles. The van der Waals surface area contributed by atoms with E-state index in [-0.39, 0.29) is 24.4 Å². The van der Waals surface area contributed by atoms with Crippen molar-refractivity contribution in [1.82, 2.24) is 14.0 Å². The zero-order valence-electron chi connectivity index (χ0n) is 16.6. The molecule has 0 unspecified atom stereocenters. The first-order valence-electron chi connectivity index (χ1n) is 9.82. The van der Waals surface area contributed by atoms with Crippen molar-refractivity contribution in [3.05, 3.63) is 75.2 Å². The summed E-state index contributed by atoms with van der Waals surface area (Å²) >= 11 is 0. The van der Waals surface area contributed by atoms with Crippen LogP contribution in [0, 0.1) is 5.82 Å². The number of halogens is 1. The molecule has 4 rings (SSSR count). The number of piperidine rings is 1. The van der Waals surface area contributed by atoms with Crippen LogP contribution in [0.3, 0.4) is 0 Å². The molecule has 1 saturated heterocycles. The van der Waals surface area contributed by atoms with E-state index in [0.717, 1.165) is 4.57 Å². The highest BCUT2D eigenvalue weighted by Crippen LogP contribution is 2.19. The van der Waals surface area contributed by atoms with Gasteiger partial charge in [0, 0.05) is 33.0 Å². The average molecular weight is 411 g/mol. The molecule has 3 aromatic rings. The number of hydrogen-bond donors (Lipinski definition) is 0. The van der Waals surface area contributed by atoms with Gasteiger partial charge in [-0.2, -0.15) is 0 Å². The fourth-order valence-electron chi connectivity index (χ4n) is 3.77. The molecule has 8 heteroatoms. The lowest BCUT2D eigenvalue weighted by atomic mass is 10.1. The third-order valence-corrected chi connectivity index (χ3v) is 5.46. The second kappa shape index (κ2) is 8.14. The van der Waals surface area contributed by atoms with Gasteiger partial charge in [0.1, 0.15) is 24.2 Å². The Labute approximate surface area is 171 Å². The van der Waals surface area contributed by atoms with E-state index >= 15 is 0 Å². The maximum atomic E-state index is 13.0. The molecule has 0 radical (unpaired) electrons. The average Bonchev–Trinajstić information content (AvgIpc) is 2.77. The van der Waals surface area contributed by atoms with Crippen LogP contribution in [0.1, 0.15) is 12.8 Å². The number of carbonyl (C=O) groups is 1. The molecule has 0 atom stereocenters. The summed E-state index contributed by atoms with van der Waals surface area (Å²) in [5.74, 6) is -0.00468. The number of nitrogens with zero attached hydrogens (tertiary/aromatic N) is 3. The number of likely N-dealkylation sites (tertiary alicyclic amines) is 1. The molecular weight excluding hydrogens is 389 g/mol. The molecule has 1 fully saturated rings. The summed E-state index contributed by atoms with van der Waals surface area (Å²) in [6.45, 7) is 0.639. The Bertz CT molecular complexity index is 1190. The summed E-state index contributed by atoms with van der Waals surface area (Å²) in [5.41, 5.74) is -0.437. The first-order valence-corrected chi connectivity index (χ1v) is 9.82. The lowest BCUT2D eigenvalue weighted by Gasteiger charge is -2.32. The van der Waals surface area contributed by atoms with Gasteiger partial charge in [-0.05, 0) is 36.4 Å². The molecule has 1 aromatic heterocycles. The molecule has 156 valence electrons. The van der Waals surface area contributed by atoms with Crippen molar-refractivity contribution < 1.29 is 13.9 Å². The van der Waals surface area contributed by atoms with Gasteiger partial charge < -0.3 is 9.64 Å². The lowest BCUT2D eigenvalue weighted by Crippen LogP contribution is -2.47. The molecule has 0 bridgehead atoms. The fraction of sp³-hybridized carbons (Fsp3) is 0.318. The van der Waals surface area contributed by atoms with Crippen LogP contribution in [0.25, 0.3) is 10.9 Å². The number of aromatic nitrogens is 2. The van der Waals surface area contributed by atoms with Crippen molar-refractivity contribution in [3.63, 3.8) is 0 Å². The van der Waals surface area contributed by atoms with Gasteiger partial charge in [-0.25, -0.2) is 9.18 Å². The van der Waals surface area contributed by atoms with Crippen molar-refractivity contribution in [1.29, 1.82) is 0 Å². The summed E-state index contributed by atoms with van der Waals surface area (Å²) in [7, 11) is 1.59. The quantitative estimate of drug-likeness (QED) is 0.658. The minimum atomic E-state index is -0.512. The van der Waals surface area contributed by atoms with E-state index in [9.17, 15) is 18.8 Å². The minimum absolute atomic E-state index is 0.0734. The maximum Gasteiger partial charge on any atom is 0.331 e. The highest BCUT2D eigenvalue weighted by atomic mass is 19.1. The highest BCUT2D eigenvalue weighted by molar-refractivity contribution is 5.79. The Kier molecular flexibility index (Phi) is 5.39. The van der Waals surface area contributed by atoms with Crippen molar-refractivity contribution in [3.8, 4) is 5.75 Å². The summed E-state index contributed by atoms with van der Waals surface area (Å²) in [6, 6.07) is 12.7. The third-order valence-electron chi connectivity index (χ3n) is 5.46. The summed E-state index contributed by atoms with van der Waals surface area (Å²) in [4.78, 5) is 39.7. The van der Waals surface area contributed by atoms with Crippen molar-refractivity contribution in [2.45, 2.75) is 25.5 Å². The number of para-hydroxylation sites is 1. The van der Waals surface area contributed by atoms with E-state index in [2.05, 4.69) is 0 Å². The molecule has 1 aliphatic rings. The van der Waals surface area contributed by atoms with Crippen LogP contribution < -0.4 is 16.0 Å². The SMILES string of the molecule is Cn1c(=O)n(CC(=O)N2CCC(Oc3ccc(F)cc3)CC2)c(=O)c2ccccc21. The maximum absolute atomic E-state index is 13.0. The first kappa shape index (κ1) is 19.9. The second-order valence-electron chi connectivity index (χ2n) is 7.40. The van der Waals surface area contributed by atoms with E-state index in [1.165, 1.54) is 16.7 Å². The predicted octanol–water partition coefficient (Wildman–Crippen LogP) is 1.91. The number of benzene rings is 2. The Morgan fingerprint density at radius 2 is 1.73 bits per heavy atom. The number of hydrogen-bond acceptors (Lipinski definition) is 4. The Hall–Kier alpha value is -3.42. The van der Waals surface area contributed by atoms with Crippen LogP contribution in [0.2, 0.25) is 0 Å². The number of aryl methyl sites for hydroxylation is 1. The van der Waals surface area contributed by atoms with Gasteiger partial charge in [-0.15, -0.1) is 0 Å². The van der Waals surface area contributed by atoms with Crippen LogP contribution in [0.15, 0.2) is 58.1 Å².